The zero-order valence-electron chi connectivity index (χ0n) is 12.4. The molecular weight excluding hydrogens is 272 g/mol. The van der Waals surface area contributed by atoms with Gasteiger partial charge in [0.15, 0.2) is 11.2 Å². The quantitative estimate of drug-likeness (QED) is 0.745. The van der Waals surface area contributed by atoms with Crippen LogP contribution in [-0.2, 0) is 25.4 Å². The van der Waals surface area contributed by atoms with E-state index in [0.717, 1.165) is 4.57 Å². The SMILES string of the molecule is C=C(CCC(C)=O)Cn1c(=O)c2c(ncn2C)n(C)c1=O. The van der Waals surface area contributed by atoms with E-state index in [2.05, 4.69) is 11.6 Å². The number of allylic oxidation sites excluding steroid dienone is 1. The van der Waals surface area contributed by atoms with E-state index in [9.17, 15) is 14.4 Å². The van der Waals surface area contributed by atoms with E-state index in [1.165, 1.54) is 17.8 Å². The van der Waals surface area contributed by atoms with Crippen LogP contribution in [0, 0.1) is 0 Å². The predicted molar refractivity (Wildman–Crippen MR) is 79.3 cm³/mol. The molecule has 7 heteroatoms. The second kappa shape index (κ2) is 5.51. The number of carbonyl (C=O) groups excluding carboxylic acids is 1. The number of rotatable bonds is 5. The van der Waals surface area contributed by atoms with Gasteiger partial charge in [-0.2, -0.15) is 0 Å². The normalized spacial score (nSPS) is 11.0. The molecule has 0 unspecified atom stereocenters. The van der Waals surface area contributed by atoms with E-state index in [1.54, 1.807) is 18.7 Å². The minimum absolute atomic E-state index is 0.0542. The second-order valence-electron chi connectivity index (χ2n) is 5.21. The highest BCUT2D eigenvalue weighted by Gasteiger charge is 2.15. The molecule has 21 heavy (non-hydrogen) atoms. The maximum atomic E-state index is 12.4. The molecule has 2 heterocycles. The monoisotopic (exact) mass is 290 g/mol. The van der Waals surface area contributed by atoms with Gasteiger partial charge in [-0.05, 0) is 13.3 Å². The van der Waals surface area contributed by atoms with Crippen LogP contribution in [-0.4, -0.2) is 24.5 Å². The molecule has 0 saturated heterocycles. The number of fused-ring (bicyclic) bond motifs is 1. The Bertz CT molecular complexity index is 838. The van der Waals surface area contributed by atoms with E-state index in [4.69, 9.17) is 0 Å². The van der Waals surface area contributed by atoms with Crippen LogP contribution >= 0.6 is 0 Å². The molecule has 0 saturated carbocycles. The zero-order valence-corrected chi connectivity index (χ0v) is 12.4. The number of imidazole rings is 1. The first-order valence-corrected chi connectivity index (χ1v) is 6.60. The summed E-state index contributed by atoms with van der Waals surface area (Å²) in [5.41, 5.74) is 0.577. The standard InChI is InChI=1S/C14H18N4O3/c1-9(5-6-10(2)19)7-18-13(20)11-12(15-8-16(11)3)17(4)14(18)21/h8H,1,5-7H2,2-4H3. The summed E-state index contributed by atoms with van der Waals surface area (Å²) in [6.07, 6.45) is 2.33. The van der Waals surface area contributed by atoms with Gasteiger partial charge < -0.3 is 9.36 Å². The number of ketones is 1. The number of Topliss-reactive ketones (excluding diaryl/α,β-unsaturated/α-hetero) is 1. The molecule has 0 atom stereocenters. The first-order valence-electron chi connectivity index (χ1n) is 6.60. The number of carbonyl (C=O) groups is 1. The highest BCUT2D eigenvalue weighted by molar-refractivity contribution is 5.75. The summed E-state index contributed by atoms with van der Waals surface area (Å²) in [7, 11) is 3.28. The zero-order chi connectivity index (χ0) is 15.7. The van der Waals surface area contributed by atoms with Crippen LogP contribution in [0.2, 0.25) is 0 Å². The van der Waals surface area contributed by atoms with Crippen molar-refractivity contribution < 1.29 is 4.79 Å². The van der Waals surface area contributed by atoms with Crippen LogP contribution in [0.5, 0.6) is 0 Å². The Labute approximate surface area is 121 Å². The average molecular weight is 290 g/mol. The van der Waals surface area contributed by atoms with Crippen LogP contribution in [0.25, 0.3) is 11.2 Å². The lowest BCUT2D eigenvalue weighted by atomic mass is 10.1. The maximum absolute atomic E-state index is 12.4. The Hall–Kier alpha value is -2.44. The Kier molecular flexibility index (Phi) is 3.93. The molecule has 0 aliphatic carbocycles. The predicted octanol–water partition coefficient (Wildman–Crippen LogP) is 0.359. The van der Waals surface area contributed by atoms with Crippen molar-refractivity contribution in [2.75, 3.05) is 0 Å². The first kappa shape index (κ1) is 15.0. The lowest BCUT2D eigenvalue weighted by Crippen LogP contribution is -2.40. The highest BCUT2D eigenvalue weighted by atomic mass is 16.2. The molecule has 0 fully saturated rings. The Morgan fingerprint density at radius 3 is 2.57 bits per heavy atom. The second-order valence-corrected chi connectivity index (χ2v) is 5.21. The van der Waals surface area contributed by atoms with Crippen molar-refractivity contribution in [2.24, 2.45) is 14.1 Å². The maximum Gasteiger partial charge on any atom is 0.332 e. The number of aryl methyl sites for hydroxylation is 2. The molecule has 0 bridgehead atoms. The molecule has 2 aromatic heterocycles. The number of hydrogen-bond donors (Lipinski definition) is 0. The van der Waals surface area contributed by atoms with Gasteiger partial charge in [0, 0.05) is 20.5 Å². The van der Waals surface area contributed by atoms with Gasteiger partial charge in [-0.3, -0.25) is 13.9 Å². The summed E-state index contributed by atoms with van der Waals surface area (Å²) in [5.74, 6) is 0.0542. The summed E-state index contributed by atoms with van der Waals surface area (Å²) in [5, 5.41) is 0. The Morgan fingerprint density at radius 1 is 1.29 bits per heavy atom. The molecule has 0 aliphatic heterocycles. The van der Waals surface area contributed by atoms with E-state index < -0.39 is 11.2 Å². The summed E-state index contributed by atoms with van der Waals surface area (Å²) < 4.78 is 4.06. The van der Waals surface area contributed by atoms with E-state index >= 15 is 0 Å². The van der Waals surface area contributed by atoms with Gasteiger partial charge in [0.2, 0.25) is 0 Å². The van der Waals surface area contributed by atoms with Crippen molar-refractivity contribution >= 4 is 16.9 Å². The Balaban J connectivity index is 2.47. The van der Waals surface area contributed by atoms with Gasteiger partial charge in [0.1, 0.15) is 5.78 Å². The Morgan fingerprint density at radius 2 is 1.95 bits per heavy atom. The first-order chi connectivity index (χ1) is 9.82. The summed E-state index contributed by atoms with van der Waals surface area (Å²) in [6.45, 7) is 5.45. The van der Waals surface area contributed by atoms with Crippen LogP contribution in [0.15, 0.2) is 28.1 Å². The summed E-state index contributed by atoms with van der Waals surface area (Å²) in [6, 6.07) is 0. The third-order valence-corrected chi connectivity index (χ3v) is 3.41. The van der Waals surface area contributed by atoms with Crippen molar-refractivity contribution in [3.8, 4) is 0 Å². The van der Waals surface area contributed by atoms with Crippen LogP contribution in [0.4, 0.5) is 0 Å². The van der Waals surface area contributed by atoms with E-state index in [-0.39, 0.29) is 12.3 Å². The number of aromatic nitrogens is 4. The molecule has 2 aromatic rings. The molecule has 7 nitrogen and oxygen atoms in total. The van der Waals surface area contributed by atoms with Gasteiger partial charge in [-0.1, -0.05) is 12.2 Å². The topological polar surface area (TPSA) is 78.9 Å². The minimum atomic E-state index is -0.435. The fourth-order valence-electron chi connectivity index (χ4n) is 2.19. The van der Waals surface area contributed by atoms with E-state index in [1.807, 2.05) is 0 Å². The molecule has 0 amide bonds. The van der Waals surface area contributed by atoms with Gasteiger partial charge in [-0.25, -0.2) is 9.78 Å². The molecule has 112 valence electrons. The largest absolute Gasteiger partial charge is 0.332 e. The third kappa shape index (κ3) is 2.72. The van der Waals surface area contributed by atoms with Crippen LogP contribution in [0.1, 0.15) is 19.8 Å². The van der Waals surface area contributed by atoms with Crippen molar-refractivity contribution in [3.05, 3.63) is 39.3 Å². The number of hydrogen-bond acceptors (Lipinski definition) is 4. The van der Waals surface area contributed by atoms with Gasteiger partial charge in [-0.15, -0.1) is 0 Å². The van der Waals surface area contributed by atoms with Gasteiger partial charge >= 0.3 is 5.69 Å². The molecule has 0 aliphatic rings. The van der Waals surface area contributed by atoms with Gasteiger partial charge in [0.05, 0.1) is 12.9 Å². The molecule has 2 rings (SSSR count). The average Bonchev–Trinajstić information content (AvgIpc) is 2.81. The third-order valence-electron chi connectivity index (χ3n) is 3.41. The fourth-order valence-corrected chi connectivity index (χ4v) is 2.19. The molecule has 0 aromatic carbocycles. The van der Waals surface area contributed by atoms with Crippen molar-refractivity contribution in [2.45, 2.75) is 26.3 Å². The highest BCUT2D eigenvalue weighted by Crippen LogP contribution is 2.07. The fraction of sp³-hybridized carbons (Fsp3) is 0.429. The lowest BCUT2D eigenvalue weighted by Gasteiger charge is -2.10. The van der Waals surface area contributed by atoms with Crippen molar-refractivity contribution in [3.63, 3.8) is 0 Å². The molecule has 0 spiro atoms. The molecule has 0 radical (unpaired) electrons. The summed E-state index contributed by atoms with van der Waals surface area (Å²) in [4.78, 5) is 39.7. The minimum Gasteiger partial charge on any atom is -0.328 e. The summed E-state index contributed by atoms with van der Waals surface area (Å²) >= 11 is 0. The van der Waals surface area contributed by atoms with Gasteiger partial charge in [0.25, 0.3) is 5.56 Å². The number of nitrogens with zero attached hydrogens (tertiary/aromatic N) is 4. The van der Waals surface area contributed by atoms with Crippen molar-refractivity contribution in [1.82, 2.24) is 18.7 Å². The van der Waals surface area contributed by atoms with Crippen LogP contribution in [0.3, 0.4) is 0 Å². The smallest absolute Gasteiger partial charge is 0.328 e. The molecule has 0 N–H and O–H groups in total. The molecular formula is C14H18N4O3. The van der Waals surface area contributed by atoms with Crippen LogP contribution < -0.4 is 11.2 Å². The van der Waals surface area contributed by atoms with Crippen molar-refractivity contribution in [1.29, 1.82) is 0 Å². The lowest BCUT2D eigenvalue weighted by molar-refractivity contribution is -0.116. The van der Waals surface area contributed by atoms with E-state index in [0.29, 0.717) is 29.6 Å².